The molecule has 1 amide bonds. The third kappa shape index (κ3) is 3.18. The van der Waals surface area contributed by atoms with Crippen molar-refractivity contribution in [1.29, 1.82) is 0 Å². The molecule has 19 heavy (non-hydrogen) atoms. The molecule has 0 aromatic carbocycles. The summed E-state index contributed by atoms with van der Waals surface area (Å²) >= 11 is 0. The second-order valence-electron chi connectivity index (χ2n) is 5.02. The van der Waals surface area contributed by atoms with Crippen molar-refractivity contribution in [3.05, 3.63) is 0 Å². The highest BCUT2D eigenvalue weighted by Crippen LogP contribution is 2.40. The van der Waals surface area contributed by atoms with Crippen LogP contribution in [-0.2, 0) is 14.3 Å². The van der Waals surface area contributed by atoms with Crippen LogP contribution in [-0.4, -0.2) is 43.2 Å². The molecule has 5 nitrogen and oxygen atoms in total. The summed E-state index contributed by atoms with van der Waals surface area (Å²) in [7, 11) is 0. The molecule has 0 radical (unpaired) electrons. The molecule has 1 spiro atoms. The van der Waals surface area contributed by atoms with E-state index in [2.05, 4.69) is 5.32 Å². The second-order valence-corrected chi connectivity index (χ2v) is 5.02. The van der Waals surface area contributed by atoms with Gasteiger partial charge in [0.05, 0.1) is 25.3 Å². The normalized spacial score (nSPS) is 25.6. The van der Waals surface area contributed by atoms with Gasteiger partial charge < -0.3 is 15.2 Å². The number of nitrogens with one attached hydrogen (secondary N) is 1. The van der Waals surface area contributed by atoms with Gasteiger partial charge in [-0.3, -0.25) is 10.1 Å². The van der Waals surface area contributed by atoms with E-state index in [1.54, 1.807) is 0 Å². The maximum atomic E-state index is 12.3. The van der Waals surface area contributed by atoms with Gasteiger partial charge in [-0.15, -0.1) is 0 Å². The summed E-state index contributed by atoms with van der Waals surface area (Å²) in [6, 6.07) is 0. The number of primary amides is 1. The quantitative estimate of drug-likeness (QED) is 0.798. The molecule has 8 heteroatoms. The Morgan fingerprint density at radius 3 is 2.11 bits per heavy atom. The van der Waals surface area contributed by atoms with E-state index < -0.39 is 30.0 Å². The van der Waals surface area contributed by atoms with E-state index in [9.17, 15) is 18.0 Å². The highest BCUT2D eigenvalue weighted by Gasteiger charge is 2.49. The molecule has 0 aromatic rings. The third-order valence-corrected chi connectivity index (χ3v) is 3.78. The Kier molecular flexibility index (Phi) is 3.76. The maximum absolute atomic E-state index is 12.3. The van der Waals surface area contributed by atoms with Gasteiger partial charge in [0.2, 0.25) is 5.91 Å². The first-order valence-corrected chi connectivity index (χ1v) is 6.17. The summed E-state index contributed by atoms with van der Waals surface area (Å²) in [5, 5.41) is 2.27. The number of carbonyl (C=O) groups is 1. The second kappa shape index (κ2) is 4.92. The van der Waals surface area contributed by atoms with E-state index in [0.29, 0.717) is 26.1 Å². The number of carbonyl (C=O) groups excluding carboxylic acids is 1. The van der Waals surface area contributed by atoms with E-state index in [4.69, 9.17) is 15.2 Å². The Morgan fingerprint density at radius 1 is 1.16 bits per heavy atom. The largest absolute Gasteiger partial charge is 0.401 e. The average Bonchev–Trinajstić information content (AvgIpc) is 2.76. The van der Waals surface area contributed by atoms with Crippen molar-refractivity contribution >= 4 is 5.91 Å². The van der Waals surface area contributed by atoms with Crippen molar-refractivity contribution in [3.63, 3.8) is 0 Å². The van der Waals surface area contributed by atoms with E-state index in [0.717, 1.165) is 0 Å². The number of rotatable bonds is 3. The fourth-order valence-corrected chi connectivity index (χ4v) is 2.62. The Labute approximate surface area is 108 Å². The fraction of sp³-hybridized carbons (Fsp3) is 0.909. The summed E-state index contributed by atoms with van der Waals surface area (Å²) < 4.78 is 47.8. The number of hydrogen-bond donors (Lipinski definition) is 2. The van der Waals surface area contributed by atoms with E-state index in [1.807, 2.05) is 0 Å². The number of halogens is 3. The van der Waals surface area contributed by atoms with Crippen LogP contribution < -0.4 is 11.1 Å². The lowest BCUT2D eigenvalue weighted by Crippen LogP contribution is -2.61. The van der Waals surface area contributed by atoms with E-state index >= 15 is 0 Å². The zero-order chi connectivity index (χ0) is 14.1. The van der Waals surface area contributed by atoms with Crippen LogP contribution in [0.1, 0.15) is 25.7 Å². The molecular formula is C11H17F3N2O3. The Balaban J connectivity index is 2.00. The van der Waals surface area contributed by atoms with Crippen LogP contribution in [0.25, 0.3) is 0 Å². The van der Waals surface area contributed by atoms with Crippen molar-refractivity contribution in [3.8, 4) is 0 Å². The molecule has 0 aromatic heterocycles. The van der Waals surface area contributed by atoms with Crippen LogP contribution in [0.15, 0.2) is 0 Å². The molecule has 1 aliphatic heterocycles. The van der Waals surface area contributed by atoms with Gasteiger partial charge in [-0.2, -0.15) is 13.2 Å². The predicted molar refractivity (Wildman–Crippen MR) is 59.1 cm³/mol. The van der Waals surface area contributed by atoms with Gasteiger partial charge in [0.1, 0.15) is 0 Å². The number of hydrogen-bond acceptors (Lipinski definition) is 4. The van der Waals surface area contributed by atoms with Gasteiger partial charge in [-0.1, -0.05) is 0 Å². The summed E-state index contributed by atoms with van der Waals surface area (Å²) in [6.45, 7) is -0.288. The van der Waals surface area contributed by atoms with Crippen LogP contribution in [0, 0.1) is 0 Å². The minimum Gasteiger partial charge on any atom is -0.368 e. The van der Waals surface area contributed by atoms with E-state index in [1.165, 1.54) is 0 Å². The first-order chi connectivity index (χ1) is 8.77. The zero-order valence-electron chi connectivity index (χ0n) is 10.4. The number of nitrogens with two attached hydrogens (primary N) is 1. The summed E-state index contributed by atoms with van der Waals surface area (Å²) in [4.78, 5) is 11.5. The van der Waals surface area contributed by atoms with Gasteiger partial charge in [0, 0.05) is 12.8 Å². The minimum atomic E-state index is -4.38. The fourth-order valence-electron chi connectivity index (χ4n) is 2.62. The van der Waals surface area contributed by atoms with Crippen molar-refractivity contribution < 1.29 is 27.4 Å². The molecule has 0 unspecified atom stereocenters. The zero-order valence-corrected chi connectivity index (χ0v) is 10.4. The Hall–Kier alpha value is -0.860. The molecule has 2 aliphatic rings. The lowest BCUT2D eigenvalue weighted by molar-refractivity contribution is -0.189. The van der Waals surface area contributed by atoms with Crippen molar-refractivity contribution in [2.45, 2.75) is 43.2 Å². The molecule has 2 rings (SSSR count). The molecule has 1 aliphatic carbocycles. The smallest absolute Gasteiger partial charge is 0.368 e. The van der Waals surface area contributed by atoms with E-state index in [-0.39, 0.29) is 12.8 Å². The molecule has 1 saturated heterocycles. The molecule has 0 bridgehead atoms. The number of ether oxygens (including phenoxy) is 2. The predicted octanol–water partition coefficient (Wildman–Crippen LogP) is 0.679. The SMILES string of the molecule is NC(=O)C1(NCC(F)(F)F)CCC2(CC1)OCCO2. The molecule has 2 fully saturated rings. The van der Waals surface area contributed by atoms with Crippen molar-refractivity contribution in [2.75, 3.05) is 19.8 Å². The summed E-state index contributed by atoms with van der Waals surface area (Å²) in [5.41, 5.74) is 3.94. The van der Waals surface area contributed by atoms with Gasteiger partial charge in [0.15, 0.2) is 5.79 Å². The van der Waals surface area contributed by atoms with Gasteiger partial charge in [0.25, 0.3) is 0 Å². The standard InChI is InChI=1S/C11H17F3N2O3/c12-11(13,14)7-16-9(8(15)17)1-3-10(4-2-9)18-5-6-19-10/h16H,1-7H2,(H2,15,17). The molecule has 1 heterocycles. The van der Waals surface area contributed by atoms with Crippen LogP contribution >= 0.6 is 0 Å². The summed E-state index contributed by atoms with van der Waals surface area (Å²) in [5.74, 6) is -1.50. The van der Waals surface area contributed by atoms with Crippen LogP contribution in [0.4, 0.5) is 13.2 Å². The first-order valence-electron chi connectivity index (χ1n) is 6.17. The maximum Gasteiger partial charge on any atom is 0.401 e. The van der Waals surface area contributed by atoms with Gasteiger partial charge in [-0.25, -0.2) is 0 Å². The van der Waals surface area contributed by atoms with Gasteiger partial charge >= 0.3 is 6.18 Å². The van der Waals surface area contributed by atoms with Crippen LogP contribution in [0.3, 0.4) is 0 Å². The first kappa shape index (κ1) is 14.5. The number of amides is 1. The lowest BCUT2D eigenvalue weighted by atomic mass is 9.78. The van der Waals surface area contributed by atoms with Crippen molar-refractivity contribution in [2.24, 2.45) is 5.73 Å². The molecule has 0 atom stereocenters. The van der Waals surface area contributed by atoms with Crippen LogP contribution in [0.2, 0.25) is 0 Å². The third-order valence-electron chi connectivity index (χ3n) is 3.78. The topological polar surface area (TPSA) is 73.6 Å². The Morgan fingerprint density at radius 2 is 1.68 bits per heavy atom. The molecule has 3 N–H and O–H groups in total. The molecule has 110 valence electrons. The lowest BCUT2D eigenvalue weighted by Gasteiger charge is -2.42. The monoisotopic (exact) mass is 282 g/mol. The van der Waals surface area contributed by atoms with Gasteiger partial charge in [-0.05, 0) is 12.8 Å². The Bertz CT molecular complexity index is 344. The van der Waals surface area contributed by atoms with Crippen LogP contribution in [0.5, 0.6) is 0 Å². The van der Waals surface area contributed by atoms with Crippen molar-refractivity contribution in [1.82, 2.24) is 5.32 Å². The molecular weight excluding hydrogens is 265 g/mol. The highest BCUT2D eigenvalue weighted by molar-refractivity contribution is 5.84. The summed E-state index contributed by atoms with van der Waals surface area (Å²) in [6.07, 6.45) is -3.30. The average molecular weight is 282 g/mol. The highest BCUT2D eigenvalue weighted by atomic mass is 19.4. The molecule has 1 saturated carbocycles. The number of alkyl halides is 3. The minimum absolute atomic E-state index is 0.179.